The van der Waals surface area contributed by atoms with Crippen LogP contribution in [0.1, 0.15) is 29.0 Å². The number of likely N-dealkylation sites (N-methyl/N-ethyl adjacent to an activating group) is 1. The van der Waals surface area contributed by atoms with Gasteiger partial charge in [-0.15, -0.1) is 13.2 Å². The maximum Gasteiger partial charge on any atom is 0.573 e. The van der Waals surface area contributed by atoms with E-state index in [0.29, 0.717) is 41.5 Å². The first-order valence-electron chi connectivity index (χ1n) is 10.6. The maximum absolute atomic E-state index is 12.5. The normalized spacial score (nSPS) is 21.0. The minimum absolute atomic E-state index is 0.197. The Balaban J connectivity index is 1.71. The topological polar surface area (TPSA) is 60.4 Å². The van der Waals surface area contributed by atoms with Gasteiger partial charge in [0.25, 0.3) is 0 Å². The Morgan fingerprint density at radius 2 is 1.79 bits per heavy atom. The molecule has 0 spiro atoms. The Morgan fingerprint density at radius 3 is 2.39 bits per heavy atom. The molecule has 2 aliphatic heterocycles. The molecule has 4 rings (SSSR count). The summed E-state index contributed by atoms with van der Waals surface area (Å²) < 4.78 is 58.9. The van der Waals surface area contributed by atoms with E-state index in [-0.39, 0.29) is 11.7 Å². The minimum Gasteiger partial charge on any atom is -0.496 e. The summed E-state index contributed by atoms with van der Waals surface area (Å²) in [6, 6.07) is 7.33. The molecule has 0 radical (unpaired) electrons. The average molecular weight is 465 g/mol. The third-order valence-electron chi connectivity index (χ3n) is 6.02. The van der Waals surface area contributed by atoms with Gasteiger partial charge in [0.1, 0.15) is 28.8 Å². The Labute approximate surface area is 190 Å². The second-order valence-corrected chi connectivity index (χ2v) is 8.17. The Hall–Kier alpha value is -2.91. The molecular weight excluding hydrogens is 439 g/mol. The number of likely N-dealkylation sites (tertiary alicyclic amines) is 1. The Bertz CT molecular complexity index is 1040. The summed E-state index contributed by atoms with van der Waals surface area (Å²) in [6.45, 7) is 1.34. The summed E-state index contributed by atoms with van der Waals surface area (Å²) in [5, 5.41) is 10.8. The number of β-amino-alcohol motifs (C(OH)–C–C–N with tert-alkyl or cyclic N) is 1. The zero-order valence-corrected chi connectivity index (χ0v) is 18.6. The highest BCUT2D eigenvalue weighted by molar-refractivity contribution is 5.70. The lowest BCUT2D eigenvalue weighted by Crippen LogP contribution is -2.40. The van der Waals surface area contributed by atoms with Crippen LogP contribution in [0.4, 0.5) is 13.2 Å². The first kappa shape index (κ1) is 23.3. The van der Waals surface area contributed by atoms with Crippen LogP contribution < -0.4 is 18.9 Å². The molecule has 2 aromatic rings. The third kappa shape index (κ3) is 4.89. The Kier molecular flexibility index (Phi) is 6.45. The maximum atomic E-state index is 12.5. The van der Waals surface area contributed by atoms with Crippen molar-refractivity contribution in [2.75, 3.05) is 34.4 Å². The lowest BCUT2D eigenvalue weighted by molar-refractivity contribution is -0.274. The van der Waals surface area contributed by atoms with Crippen LogP contribution in [-0.2, 0) is 6.42 Å². The molecule has 0 saturated carbocycles. The zero-order chi connectivity index (χ0) is 23.8. The van der Waals surface area contributed by atoms with Crippen LogP contribution in [0.15, 0.2) is 36.4 Å². The first-order chi connectivity index (χ1) is 15.7. The fourth-order valence-electron chi connectivity index (χ4n) is 4.45. The van der Waals surface area contributed by atoms with Gasteiger partial charge in [-0.25, -0.2) is 0 Å². The number of hydrogen-bond donors (Lipinski definition) is 1. The number of rotatable bonds is 5. The summed E-state index contributed by atoms with van der Waals surface area (Å²) >= 11 is 0. The first-order valence-corrected chi connectivity index (χ1v) is 10.6. The molecule has 33 heavy (non-hydrogen) atoms. The molecule has 0 amide bonds. The van der Waals surface area contributed by atoms with Crippen LogP contribution in [0.3, 0.4) is 0 Å². The van der Waals surface area contributed by atoms with E-state index in [1.54, 1.807) is 14.2 Å². The number of halogens is 3. The van der Waals surface area contributed by atoms with Crippen molar-refractivity contribution in [3.8, 4) is 23.0 Å². The number of aliphatic hydroxyl groups excluding tert-OH is 1. The van der Waals surface area contributed by atoms with E-state index in [4.69, 9.17) is 14.2 Å². The van der Waals surface area contributed by atoms with Gasteiger partial charge in [0.2, 0.25) is 0 Å². The largest absolute Gasteiger partial charge is 0.573 e. The summed E-state index contributed by atoms with van der Waals surface area (Å²) in [4.78, 5) is 2.07. The van der Waals surface area contributed by atoms with Crippen molar-refractivity contribution in [2.45, 2.75) is 31.2 Å². The van der Waals surface area contributed by atoms with Gasteiger partial charge >= 0.3 is 6.36 Å². The van der Waals surface area contributed by atoms with Crippen molar-refractivity contribution in [3.05, 3.63) is 53.1 Å². The molecule has 6 nitrogen and oxygen atoms in total. The molecule has 178 valence electrons. The lowest BCUT2D eigenvalue weighted by Gasteiger charge is -2.36. The van der Waals surface area contributed by atoms with Crippen LogP contribution >= 0.6 is 0 Å². The highest BCUT2D eigenvalue weighted by Crippen LogP contribution is 2.49. The quantitative estimate of drug-likeness (QED) is 0.708. The number of fused-ring (bicyclic) bond motifs is 1. The van der Waals surface area contributed by atoms with Gasteiger partial charge < -0.3 is 29.0 Å². The molecule has 0 unspecified atom stereocenters. The molecule has 2 aliphatic rings. The summed E-state index contributed by atoms with van der Waals surface area (Å²) in [5.74, 6) is 1.74. The number of methoxy groups -OCH3 is 2. The van der Waals surface area contributed by atoms with Crippen molar-refractivity contribution in [1.82, 2.24) is 4.90 Å². The number of aliphatic hydroxyl groups is 1. The van der Waals surface area contributed by atoms with Crippen molar-refractivity contribution >= 4 is 5.76 Å². The molecule has 1 N–H and O–H groups in total. The van der Waals surface area contributed by atoms with Gasteiger partial charge in [0, 0.05) is 41.6 Å². The van der Waals surface area contributed by atoms with Crippen LogP contribution in [0.5, 0.6) is 23.0 Å². The number of nitrogens with zero attached hydrogens (tertiary/aromatic N) is 1. The van der Waals surface area contributed by atoms with E-state index in [0.717, 1.165) is 24.1 Å². The summed E-state index contributed by atoms with van der Waals surface area (Å²) in [7, 11) is 5.09. The smallest absolute Gasteiger partial charge is 0.496 e. The molecule has 1 saturated heterocycles. The zero-order valence-electron chi connectivity index (χ0n) is 18.6. The van der Waals surface area contributed by atoms with Gasteiger partial charge in [-0.1, -0.05) is 0 Å². The second-order valence-electron chi connectivity index (χ2n) is 8.17. The number of allylic oxidation sites excluding steroid dienone is 1. The van der Waals surface area contributed by atoms with Crippen molar-refractivity contribution in [2.24, 2.45) is 0 Å². The van der Waals surface area contributed by atoms with Crippen LogP contribution in [-0.4, -0.2) is 56.8 Å². The van der Waals surface area contributed by atoms with E-state index < -0.39 is 12.5 Å². The highest BCUT2D eigenvalue weighted by atomic mass is 19.4. The van der Waals surface area contributed by atoms with Gasteiger partial charge in [0.15, 0.2) is 0 Å². The molecule has 0 aliphatic carbocycles. The molecule has 0 aromatic heterocycles. The standard InChI is InChI=1S/C24H26F3NO5/c1-28-11-10-16(18(29)13-28)22-21(31-3)12-20(30-2)17-8-9-19(32-23(17)22)14-4-6-15(7-5-14)33-24(25,26)27/h4-7,9,12,16,18,29H,8,10-11,13H2,1-3H3/t16-,18+/m0/s1. The van der Waals surface area contributed by atoms with Gasteiger partial charge in [-0.3, -0.25) is 0 Å². The number of ether oxygens (including phenoxy) is 4. The highest BCUT2D eigenvalue weighted by Gasteiger charge is 2.36. The summed E-state index contributed by atoms with van der Waals surface area (Å²) in [6.07, 6.45) is -2.29. The van der Waals surface area contributed by atoms with E-state index in [2.05, 4.69) is 9.64 Å². The van der Waals surface area contributed by atoms with Crippen LogP contribution in [0, 0.1) is 0 Å². The van der Waals surface area contributed by atoms with Crippen LogP contribution in [0.25, 0.3) is 5.76 Å². The molecule has 1 fully saturated rings. The molecular formula is C24H26F3NO5. The molecule has 0 bridgehead atoms. The molecule has 2 aromatic carbocycles. The van der Waals surface area contributed by atoms with E-state index in [1.807, 2.05) is 19.2 Å². The van der Waals surface area contributed by atoms with Crippen molar-refractivity contribution in [1.29, 1.82) is 0 Å². The minimum atomic E-state index is -4.75. The summed E-state index contributed by atoms with van der Waals surface area (Å²) in [5.41, 5.74) is 2.21. The van der Waals surface area contributed by atoms with Gasteiger partial charge in [-0.2, -0.15) is 0 Å². The van der Waals surface area contributed by atoms with Crippen LogP contribution in [0.2, 0.25) is 0 Å². The number of hydrogen-bond acceptors (Lipinski definition) is 6. The molecule has 9 heteroatoms. The fourth-order valence-corrected chi connectivity index (χ4v) is 4.45. The monoisotopic (exact) mass is 465 g/mol. The molecule has 2 atom stereocenters. The van der Waals surface area contributed by atoms with Crippen molar-refractivity contribution in [3.63, 3.8) is 0 Å². The predicted molar refractivity (Wildman–Crippen MR) is 116 cm³/mol. The SMILES string of the molecule is COc1cc(OC)c([C@H]2CCN(C)C[C@H]2O)c2c1CC=C(c1ccc(OC(F)(F)F)cc1)O2. The number of piperidine rings is 1. The Morgan fingerprint density at radius 1 is 1.09 bits per heavy atom. The predicted octanol–water partition coefficient (Wildman–Crippen LogP) is 4.36. The van der Waals surface area contributed by atoms with E-state index >= 15 is 0 Å². The lowest BCUT2D eigenvalue weighted by atomic mass is 9.84. The van der Waals surface area contributed by atoms with Gasteiger partial charge in [0.05, 0.1) is 20.3 Å². The average Bonchev–Trinajstić information content (AvgIpc) is 2.77. The van der Waals surface area contributed by atoms with Gasteiger partial charge in [-0.05, 0) is 50.4 Å². The van der Waals surface area contributed by atoms with E-state index in [9.17, 15) is 18.3 Å². The van der Waals surface area contributed by atoms with E-state index in [1.165, 1.54) is 24.3 Å². The fraction of sp³-hybridized carbons (Fsp3) is 0.417. The second kappa shape index (κ2) is 9.15. The molecule has 2 heterocycles. The number of benzene rings is 2. The third-order valence-corrected chi connectivity index (χ3v) is 6.02. The van der Waals surface area contributed by atoms with Crippen molar-refractivity contribution < 1.29 is 37.2 Å². The number of alkyl halides is 3.